The number of carbonyl (C=O) groups is 1. The highest BCUT2D eigenvalue weighted by atomic mass is 19.4. The molecule has 2 atom stereocenters. The summed E-state index contributed by atoms with van der Waals surface area (Å²) in [5.74, 6) is -1.46. The van der Waals surface area contributed by atoms with Crippen molar-refractivity contribution in [1.82, 2.24) is 15.6 Å². The number of urea groups is 1. The maximum atomic E-state index is 13.0. The SMILES string of the molecule is Cc1cccnc1CNC(=O)N[C@H]1CCCC[C@@H]1C(F)(F)F. The van der Waals surface area contributed by atoms with Crippen LogP contribution in [0.4, 0.5) is 18.0 Å². The Balaban J connectivity index is 1.89. The van der Waals surface area contributed by atoms with Gasteiger partial charge in [0.25, 0.3) is 0 Å². The number of alkyl halides is 3. The number of aryl methyl sites for hydroxylation is 1. The summed E-state index contributed by atoms with van der Waals surface area (Å²) < 4.78 is 38.9. The van der Waals surface area contributed by atoms with Crippen molar-refractivity contribution >= 4 is 6.03 Å². The van der Waals surface area contributed by atoms with Crippen molar-refractivity contribution in [1.29, 1.82) is 0 Å². The summed E-state index contributed by atoms with van der Waals surface area (Å²) in [6.45, 7) is 2.06. The molecule has 1 saturated carbocycles. The van der Waals surface area contributed by atoms with Crippen molar-refractivity contribution in [2.24, 2.45) is 5.92 Å². The molecule has 0 aliphatic heterocycles. The minimum atomic E-state index is -4.27. The quantitative estimate of drug-likeness (QED) is 0.899. The second-order valence-electron chi connectivity index (χ2n) is 5.63. The number of nitrogens with zero attached hydrogens (tertiary/aromatic N) is 1. The summed E-state index contributed by atoms with van der Waals surface area (Å²) in [7, 11) is 0. The number of carbonyl (C=O) groups excluding carboxylic acids is 1. The van der Waals surface area contributed by atoms with Crippen LogP contribution in [-0.4, -0.2) is 23.2 Å². The molecular weight excluding hydrogens is 295 g/mol. The number of aromatic nitrogens is 1. The smallest absolute Gasteiger partial charge is 0.335 e. The highest BCUT2D eigenvalue weighted by Crippen LogP contribution is 2.37. The monoisotopic (exact) mass is 315 g/mol. The van der Waals surface area contributed by atoms with E-state index in [0.29, 0.717) is 25.0 Å². The fourth-order valence-electron chi connectivity index (χ4n) is 2.78. The molecule has 122 valence electrons. The molecule has 22 heavy (non-hydrogen) atoms. The maximum Gasteiger partial charge on any atom is 0.393 e. The van der Waals surface area contributed by atoms with Crippen molar-refractivity contribution < 1.29 is 18.0 Å². The van der Waals surface area contributed by atoms with Gasteiger partial charge in [-0.2, -0.15) is 13.2 Å². The van der Waals surface area contributed by atoms with Crippen LogP contribution in [0.15, 0.2) is 18.3 Å². The molecule has 2 rings (SSSR count). The Morgan fingerprint density at radius 3 is 2.77 bits per heavy atom. The second-order valence-corrected chi connectivity index (χ2v) is 5.63. The summed E-state index contributed by atoms with van der Waals surface area (Å²) in [6, 6.07) is 2.22. The number of hydrogen-bond acceptors (Lipinski definition) is 2. The first-order valence-electron chi connectivity index (χ1n) is 7.39. The van der Waals surface area contributed by atoms with Gasteiger partial charge < -0.3 is 10.6 Å². The van der Waals surface area contributed by atoms with E-state index in [4.69, 9.17) is 0 Å². The van der Waals surface area contributed by atoms with Crippen LogP contribution in [0.25, 0.3) is 0 Å². The number of nitrogens with one attached hydrogen (secondary N) is 2. The molecule has 1 aromatic rings. The molecule has 7 heteroatoms. The first-order valence-corrected chi connectivity index (χ1v) is 7.39. The Morgan fingerprint density at radius 2 is 2.09 bits per heavy atom. The predicted octanol–water partition coefficient (Wildman–Crippen LogP) is 3.31. The molecule has 0 aromatic carbocycles. The van der Waals surface area contributed by atoms with Crippen LogP contribution in [0.1, 0.15) is 36.9 Å². The molecule has 2 amide bonds. The number of rotatable bonds is 3. The molecule has 4 nitrogen and oxygen atoms in total. The molecule has 1 fully saturated rings. The predicted molar refractivity (Wildman–Crippen MR) is 76.1 cm³/mol. The summed E-state index contributed by atoms with van der Waals surface area (Å²) in [5, 5.41) is 5.05. The fraction of sp³-hybridized carbons (Fsp3) is 0.600. The highest BCUT2D eigenvalue weighted by molar-refractivity contribution is 5.74. The molecule has 1 heterocycles. The molecule has 1 aliphatic rings. The Kier molecular flexibility index (Phi) is 5.26. The van der Waals surface area contributed by atoms with Gasteiger partial charge in [-0.1, -0.05) is 18.9 Å². The molecule has 1 aliphatic carbocycles. The van der Waals surface area contributed by atoms with E-state index >= 15 is 0 Å². The van der Waals surface area contributed by atoms with Crippen LogP contribution in [0.3, 0.4) is 0 Å². The Bertz CT molecular complexity index is 519. The highest BCUT2D eigenvalue weighted by Gasteiger charge is 2.45. The lowest BCUT2D eigenvalue weighted by Crippen LogP contribution is -2.50. The van der Waals surface area contributed by atoms with Crippen molar-refractivity contribution in [2.45, 2.75) is 51.4 Å². The van der Waals surface area contributed by atoms with E-state index in [2.05, 4.69) is 15.6 Å². The average Bonchev–Trinajstić information content (AvgIpc) is 2.46. The van der Waals surface area contributed by atoms with Gasteiger partial charge in [-0.05, 0) is 31.4 Å². The maximum absolute atomic E-state index is 13.0. The Morgan fingerprint density at radius 1 is 1.36 bits per heavy atom. The molecule has 2 N–H and O–H groups in total. The topological polar surface area (TPSA) is 54.0 Å². The lowest BCUT2D eigenvalue weighted by atomic mass is 9.84. The third-order valence-electron chi connectivity index (χ3n) is 4.04. The second kappa shape index (κ2) is 6.98. The number of halogens is 3. The molecular formula is C15H20F3N3O. The largest absolute Gasteiger partial charge is 0.393 e. The van der Waals surface area contributed by atoms with E-state index in [0.717, 1.165) is 5.56 Å². The van der Waals surface area contributed by atoms with Crippen molar-refractivity contribution in [2.75, 3.05) is 0 Å². The molecule has 0 spiro atoms. The van der Waals surface area contributed by atoms with Gasteiger partial charge in [0, 0.05) is 12.2 Å². The molecule has 0 bridgehead atoms. The van der Waals surface area contributed by atoms with Gasteiger partial charge in [0.15, 0.2) is 0 Å². The number of amides is 2. The van der Waals surface area contributed by atoms with Crippen LogP contribution in [0.5, 0.6) is 0 Å². The van der Waals surface area contributed by atoms with Crippen molar-refractivity contribution in [3.63, 3.8) is 0 Å². The van der Waals surface area contributed by atoms with Crippen molar-refractivity contribution in [3.8, 4) is 0 Å². The van der Waals surface area contributed by atoms with E-state index in [1.165, 1.54) is 0 Å². The van der Waals surface area contributed by atoms with Crippen LogP contribution in [-0.2, 0) is 6.54 Å². The van der Waals surface area contributed by atoms with E-state index in [9.17, 15) is 18.0 Å². The normalized spacial score (nSPS) is 22.2. The van der Waals surface area contributed by atoms with Gasteiger partial charge in [0.2, 0.25) is 0 Å². The lowest BCUT2D eigenvalue weighted by molar-refractivity contribution is -0.187. The zero-order valence-electron chi connectivity index (χ0n) is 12.4. The van der Waals surface area contributed by atoms with Crippen LogP contribution >= 0.6 is 0 Å². The molecule has 0 unspecified atom stereocenters. The van der Waals surface area contributed by atoms with E-state index in [-0.39, 0.29) is 13.0 Å². The van der Waals surface area contributed by atoms with Gasteiger partial charge in [-0.3, -0.25) is 4.98 Å². The third-order valence-corrected chi connectivity index (χ3v) is 4.04. The zero-order chi connectivity index (χ0) is 16.2. The first-order chi connectivity index (χ1) is 10.4. The van der Waals surface area contributed by atoms with Crippen molar-refractivity contribution in [3.05, 3.63) is 29.6 Å². The average molecular weight is 315 g/mol. The van der Waals surface area contributed by atoms with E-state index in [1.807, 2.05) is 13.0 Å². The van der Waals surface area contributed by atoms with Crippen LogP contribution in [0, 0.1) is 12.8 Å². The molecule has 1 aromatic heterocycles. The minimum Gasteiger partial charge on any atom is -0.335 e. The lowest BCUT2D eigenvalue weighted by Gasteiger charge is -2.33. The summed E-state index contributed by atoms with van der Waals surface area (Å²) in [5.41, 5.74) is 1.63. The number of pyridine rings is 1. The Labute approximate surface area is 127 Å². The first kappa shape index (κ1) is 16.6. The zero-order valence-corrected chi connectivity index (χ0v) is 12.4. The molecule has 0 saturated heterocycles. The standard InChI is InChI=1S/C15H20F3N3O/c1-10-5-4-8-19-13(10)9-20-14(22)21-12-7-3-2-6-11(12)15(16,17)18/h4-5,8,11-12H,2-3,6-7,9H2,1H3,(H2,20,21,22)/t11-,12-/m0/s1. The Hall–Kier alpha value is -1.79. The van der Waals surface area contributed by atoms with Crippen LogP contribution in [0.2, 0.25) is 0 Å². The van der Waals surface area contributed by atoms with Gasteiger partial charge in [-0.15, -0.1) is 0 Å². The fourth-order valence-corrected chi connectivity index (χ4v) is 2.78. The van der Waals surface area contributed by atoms with Gasteiger partial charge >= 0.3 is 12.2 Å². The van der Waals surface area contributed by atoms with Gasteiger partial charge in [0.1, 0.15) is 0 Å². The van der Waals surface area contributed by atoms with Gasteiger partial charge in [0.05, 0.1) is 18.2 Å². The summed E-state index contributed by atoms with van der Waals surface area (Å²) in [4.78, 5) is 16.0. The summed E-state index contributed by atoms with van der Waals surface area (Å²) >= 11 is 0. The van der Waals surface area contributed by atoms with Crippen LogP contribution < -0.4 is 10.6 Å². The van der Waals surface area contributed by atoms with E-state index < -0.39 is 24.2 Å². The minimum absolute atomic E-state index is 0.0772. The van der Waals surface area contributed by atoms with Gasteiger partial charge in [-0.25, -0.2) is 4.79 Å². The summed E-state index contributed by atoms with van der Waals surface area (Å²) in [6.07, 6.45) is -0.958. The number of hydrogen-bond donors (Lipinski definition) is 2. The molecule has 0 radical (unpaired) electrons. The third kappa shape index (κ3) is 4.35. The van der Waals surface area contributed by atoms with E-state index in [1.54, 1.807) is 12.3 Å².